The molecule has 96 valence electrons. The molecule has 3 N–H and O–H groups in total. The minimum atomic E-state index is -0.518. The average Bonchev–Trinajstić information content (AvgIpc) is 2.92. The smallest absolute Gasteiger partial charge is 0.277 e. The second kappa shape index (κ2) is 6.04. The fourth-order valence-electron chi connectivity index (χ4n) is 1.30. The van der Waals surface area contributed by atoms with E-state index in [-0.39, 0.29) is 17.8 Å². The lowest BCUT2D eigenvalue weighted by Gasteiger charge is -2.03. The average molecular weight is 276 g/mol. The molecule has 7 heteroatoms. The van der Waals surface area contributed by atoms with Gasteiger partial charge in [0.1, 0.15) is 5.82 Å². The highest BCUT2D eigenvalue weighted by Gasteiger charge is 2.10. The second-order valence-electron chi connectivity index (χ2n) is 3.44. The van der Waals surface area contributed by atoms with Gasteiger partial charge in [0.05, 0.1) is 12.1 Å². The molecule has 1 amide bonds. The standard InChI is InChI=1S/C12H9FN4OS/c13-10-6-9(4-3-8(10)2-1-5-14)15-12(18)11-7-19-17-16-11/h3-4,6-7H,5,14H2,(H,15,18). The van der Waals surface area contributed by atoms with Crippen molar-refractivity contribution in [2.24, 2.45) is 5.73 Å². The number of anilines is 1. The molecule has 2 rings (SSSR count). The molecule has 0 radical (unpaired) electrons. The van der Waals surface area contributed by atoms with E-state index in [1.807, 2.05) is 0 Å². The number of hydrogen-bond acceptors (Lipinski definition) is 5. The summed E-state index contributed by atoms with van der Waals surface area (Å²) in [7, 11) is 0. The summed E-state index contributed by atoms with van der Waals surface area (Å²) < 4.78 is 17.2. The van der Waals surface area contributed by atoms with Gasteiger partial charge in [-0.05, 0) is 29.7 Å². The lowest BCUT2D eigenvalue weighted by molar-refractivity contribution is 0.102. The molecule has 0 saturated heterocycles. The fraction of sp³-hybridized carbons (Fsp3) is 0.0833. The number of nitrogens with one attached hydrogen (secondary N) is 1. The normalized spacial score (nSPS) is 9.58. The van der Waals surface area contributed by atoms with E-state index in [9.17, 15) is 9.18 Å². The Morgan fingerprint density at radius 3 is 3.00 bits per heavy atom. The third-order valence-corrected chi connectivity index (χ3v) is 2.65. The van der Waals surface area contributed by atoms with Crippen molar-refractivity contribution in [3.05, 3.63) is 40.7 Å². The fourth-order valence-corrected chi connectivity index (χ4v) is 1.74. The zero-order chi connectivity index (χ0) is 13.7. The van der Waals surface area contributed by atoms with Crippen LogP contribution in [0.1, 0.15) is 16.1 Å². The Labute approximate surface area is 112 Å². The van der Waals surface area contributed by atoms with Crippen molar-refractivity contribution in [3.8, 4) is 11.8 Å². The van der Waals surface area contributed by atoms with E-state index in [0.717, 1.165) is 11.5 Å². The van der Waals surface area contributed by atoms with Crippen LogP contribution < -0.4 is 11.1 Å². The number of aromatic nitrogens is 2. The number of nitrogens with zero attached hydrogens (tertiary/aromatic N) is 2. The molecule has 0 fully saturated rings. The number of benzene rings is 1. The maximum Gasteiger partial charge on any atom is 0.277 e. The molecule has 1 aromatic carbocycles. The monoisotopic (exact) mass is 276 g/mol. The SMILES string of the molecule is NCC#Cc1ccc(NC(=O)c2csnn2)cc1F. The third kappa shape index (κ3) is 3.34. The molecular formula is C12H9FN4OS. The lowest BCUT2D eigenvalue weighted by Crippen LogP contribution is -2.12. The summed E-state index contributed by atoms with van der Waals surface area (Å²) in [6, 6.07) is 4.23. The van der Waals surface area contributed by atoms with Crippen LogP contribution in [0.15, 0.2) is 23.6 Å². The molecule has 19 heavy (non-hydrogen) atoms. The van der Waals surface area contributed by atoms with Gasteiger partial charge in [0.15, 0.2) is 5.69 Å². The van der Waals surface area contributed by atoms with Gasteiger partial charge in [-0.1, -0.05) is 16.3 Å². The molecule has 5 nitrogen and oxygen atoms in total. The quantitative estimate of drug-likeness (QED) is 0.809. The van der Waals surface area contributed by atoms with Crippen molar-refractivity contribution in [2.75, 3.05) is 11.9 Å². The van der Waals surface area contributed by atoms with Crippen molar-refractivity contribution in [1.29, 1.82) is 0 Å². The molecule has 2 aromatic rings. The summed E-state index contributed by atoms with van der Waals surface area (Å²) in [4.78, 5) is 11.7. The van der Waals surface area contributed by atoms with E-state index < -0.39 is 11.7 Å². The van der Waals surface area contributed by atoms with E-state index >= 15 is 0 Å². The predicted molar refractivity (Wildman–Crippen MR) is 70.2 cm³/mol. The van der Waals surface area contributed by atoms with Gasteiger partial charge in [-0.15, -0.1) is 5.10 Å². The Morgan fingerprint density at radius 2 is 2.37 bits per heavy atom. The second-order valence-corrected chi connectivity index (χ2v) is 4.05. The number of hydrogen-bond donors (Lipinski definition) is 2. The maximum atomic E-state index is 13.6. The molecule has 0 unspecified atom stereocenters. The first-order valence-electron chi connectivity index (χ1n) is 5.27. The summed E-state index contributed by atoms with van der Waals surface area (Å²) in [5, 5.41) is 7.65. The van der Waals surface area contributed by atoms with Crippen LogP contribution >= 0.6 is 11.5 Å². The first-order valence-corrected chi connectivity index (χ1v) is 6.11. The van der Waals surface area contributed by atoms with Gasteiger partial charge in [-0.2, -0.15) is 0 Å². The minimum Gasteiger partial charge on any atom is -0.320 e. The molecule has 0 aliphatic heterocycles. The van der Waals surface area contributed by atoms with E-state index in [1.165, 1.54) is 17.5 Å². The molecule has 1 aromatic heterocycles. The van der Waals surface area contributed by atoms with E-state index in [2.05, 4.69) is 26.7 Å². The topological polar surface area (TPSA) is 80.9 Å². The Morgan fingerprint density at radius 1 is 1.53 bits per heavy atom. The number of rotatable bonds is 2. The van der Waals surface area contributed by atoms with Crippen LogP contribution in [0.2, 0.25) is 0 Å². The van der Waals surface area contributed by atoms with Gasteiger partial charge in [0, 0.05) is 11.1 Å². The molecular weight excluding hydrogens is 267 g/mol. The molecule has 0 aliphatic carbocycles. The van der Waals surface area contributed by atoms with E-state index in [1.54, 1.807) is 6.07 Å². The molecule has 0 saturated carbocycles. The Bertz CT molecular complexity index is 645. The predicted octanol–water partition coefficient (Wildman–Crippen LogP) is 1.24. The first kappa shape index (κ1) is 13.1. The highest BCUT2D eigenvalue weighted by atomic mass is 32.1. The van der Waals surface area contributed by atoms with Crippen LogP contribution in [0.3, 0.4) is 0 Å². The van der Waals surface area contributed by atoms with Crippen LogP contribution in [0.25, 0.3) is 0 Å². The number of carbonyl (C=O) groups is 1. The highest BCUT2D eigenvalue weighted by molar-refractivity contribution is 7.03. The van der Waals surface area contributed by atoms with Crippen LogP contribution in [0.4, 0.5) is 10.1 Å². The number of nitrogens with two attached hydrogens (primary N) is 1. The molecule has 0 bridgehead atoms. The number of carbonyl (C=O) groups excluding carboxylic acids is 1. The molecule has 0 atom stereocenters. The van der Waals surface area contributed by atoms with Crippen LogP contribution in [0, 0.1) is 17.7 Å². The van der Waals surface area contributed by atoms with E-state index in [0.29, 0.717) is 5.69 Å². The van der Waals surface area contributed by atoms with Crippen molar-refractivity contribution in [3.63, 3.8) is 0 Å². The van der Waals surface area contributed by atoms with Gasteiger partial charge in [0.2, 0.25) is 0 Å². The van der Waals surface area contributed by atoms with Crippen molar-refractivity contribution >= 4 is 23.1 Å². The summed E-state index contributed by atoms with van der Waals surface area (Å²) in [5.41, 5.74) is 5.97. The van der Waals surface area contributed by atoms with E-state index in [4.69, 9.17) is 5.73 Å². The van der Waals surface area contributed by atoms with Crippen molar-refractivity contribution in [1.82, 2.24) is 9.59 Å². The Balaban J connectivity index is 2.14. The summed E-state index contributed by atoms with van der Waals surface area (Å²) in [5.74, 6) is 4.20. The van der Waals surface area contributed by atoms with Gasteiger partial charge < -0.3 is 11.1 Å². The van der Waals surface area contributed by atoms with Gasteiger partial charge in [-0.3, -0.25) is 4.79 Å². The largest absolute Gasteiger partial charge is 0.320 e. The third-order valence-electron chi connectivity index (χ3n) is 2.14. The van der Waals surface area contributed by atoms with Crippen LogP contribution in [-0.4, -0.2) is 22.0 Å². The van der Waals surface area contributed by atoms with Crippen molar-refractivity contribution < 1.29 is 9.18 Å². The highest BCUT2D eigenvalue weighted by Crippen LogP contribution is 2.14. The zero-order valence-corrected chi connectivity index (χ0v) is 10.5. The molecule has 0 aliphatic rings. The van der Waals surface area contributed by atoms with Gasteiger partial charge in [0.25, 0.3) is 5.91 Å². The summed E-state index contributed by atoms with van der Waals surface area (Å²) in [6.45, 7) is 0.161. The van der Waals surface area contributed by atoms with Gasteiger partial charge in [-0.25, -0.2) is 4.39 Å². The maximum absolute atomic E-state index is 13.6. The van der Waals surface area contributed by atoms with Crippen LogP contribution in [0.5, 0.6) is 0 Å². The molecule has 0 spiro atoms. The minimum absolute atomic E-state index is 0.161. The zero-order valence-electron chi connectivity index (χ0n) is 9.68. The summed E-state index contributed by atoms with van der Waals surface area (Å²) >= 11 is 1.07. The number of halogens is 1. The van der Waals surface area contributed by atoms with Gasteiger partial charge >= 0.3 is 0 Å². The first-order chi connectivity index (χ1) is 9.20. The lowest BCUT2D eigenvalue weighted by atomic mass is 10.2. The Kier molecular flexibility index (Phi) is 4.18. The number of amides is 1. The Hall–Kier alpha value is -2.30. The van der Waals surface area contributed by atoms with Crippen LogP contribution in [-0.2, 0) is 0 Å². The molecule has 1 heterocycles. The van der Waals surface area contributed by atoms with Crippen molar-refractivity contribution in [2.45, 2.75) is 0 Å². The summed E-state index contributed by atoms with van der Waals surface area (Å²) in [6.07, 6.45) is 0.